The highest BCUT2D eigenvalue weighted by molar-refractivity contribution is 6.05. The highest BCUT2D eigenvalue weighted by Crippen LogP contribution is 2.50. The molecular formula is C19H24O5. The number of carboxylic acids is 1. The maximum atomic E-state index is 12.7. The van der Waals surface area contributed by atoms with E-state index in [0.29, 0.717) is 48.3 Å². The van der Waals surface area contributed by atoms with Crippen LogP contribution in [0.1, 0.15) is 59.8 Å². The molecule has 0 saturated carbocycles. The summed E-state index contributed by atoms with van der Waals surface area (Å²) in [5.74, 6) is -0.684. The minimum atomic E-state index is -1.00. The summed E-state index contributed by atoms with van der Waals surface area (Å²) >= 11 is 0. The zero-order chi connectivity index (χ0) is 17.9. The fourth-order valence-electron chi connectivity index (χ4n) is 4.19. The summed E-state index contributed by atoms with van der Waals surface area (Å²) in [6.07, 6.45) is 1.66. The van der Waals surface area contributed by atoms with Crippen molar-refractivity contribution in [1.82, 2.24) is 0 Å². The number of ether oxygens (including phenoxy) is 1. The Morgan fingerprint density at radius 2 is 1.38 bits per heavy atom. The SMILES string of the molecule is CC1(C)CC(=O)C2=C(C1)OC1=C(C(=O)CC(C)(C)C1)C2CC(=O)O. The van der Waals surface area contributed by atoms with E-state index in [9.17, 15) is 19.5 Å². The van der Waals surface area contributed by atoms with Crippen molar-refractivity contribution in [3.63, 3.8) is 0 Å². The van der Waals surface area contributed by atoms with Crippen LogP contribution in [-0.2, 0) is 19.1 Å². The third-order valence-corrected chi connectivity index (χ3v) is 5.08. The normalized spacial score (nSPS) is 26.0. The van der Waals surface area contributed by atoms with Gasteiger partial charge in [-0.25, -0.2) is 0 Å². The van der Waals surface area contributed by atoms with Crippen molar-refractivity contribution >= 4 is 17.5 Å². The van der Waals surface area contributed by atoms with Crippen molar-refractivity contribution in [3.05, 3.63) is 22.7 Å². The Labute approximate surface area is 141 Å². The molecule has 0 aromatic heterocycles. The smallest absolute Gasteiger partial charge is 0.304 e. The summed E-state index contributed by atoms with van der Waals surface area (Å²) in [7, 11) is 0. The summed E-state index contributed by atoms with van der Waals surface area (Å²) in [4.78, 5) is 36.7. The van der Waals surface area contributed by atoms with Crippen molar-refractivity contribution in [2.75, 3.05) is 0 Å². The number of carboxylic acid groups (broad SMARTS) is 1. The summed E-state index contributed by atoms with van der Waals surface area (Å²) in [6, 6.07) is 0. The monoisotopic (exact) mass is 332 g/mol. The molecule has 130 valence electrons. The van der Waals surface area contributed by atoms with E-state index in [0.717, 1.165) is 0 Å². The molecule has 0 spiro atoms. The highest BCUT2D eigenvalue weighted by Gasteiger charge is 2.47. The van der Waals surface area contributed by atoms with E-state index in [4.69, 9.17) is 4.74 Å². The Morgan fingerprint density at radius 1 is 0.958 bits per heavy atom. The zero-order valence-electron chi connectivity index (χ0n) is 14.7. The fourth-order valence-corrected chi connectivity index (χ4v) is 4.19. The van der Waals surface area contributed by atoms with Gasteiger partial charge in [0.05, 0.1) is 6.42 Å². The minimum Gasteiger partial charge on any atom is -0.481 e. The molecule has 0 atom stereocenters. The number of hydrogen-bond donors (Lipinski definition) is 1. The van der Waals surface area contributed by atoms with Crippen LogP contribution >= 0.6 is 0 Å². The van der Waals surface area contributed by atoms with E-state index >= 15 is 0 Å². The van der Waals surface area contributed by atoms with Gasteiger partial charge in [-0.3, -0.25) is 14.4 Å². The second-order valence-electron chi connectivity index (χ2n) is 8.81. The molecule has 3 rings (SSSR count). The van der Waals surface area contributed by atoms with Crippen molar-refractivity contribution in [1.29, 1.82) is 0 Å². The molecular weight excluding hydrogens is 308 g/mol. The van der Waals surface area contributed by atoms with E-state index < -0.39 is 11.9 Å². The van der Waals surface area contributed by atoms with Gasteiger partial charge in [0.2, 0.25) is 0 Å². The second kappa shape index (κ2) is 5.30. The Hall–Kier alpha value is -1.91. The van der Waals surface area contributed by atoms with Crippen LogP contribution in [0, 0.1) is 16.7 Å². The molecule has 0 aromatic carbocycles. The largest absolute Gasteiger partial charge is 0.481 e. The standard InChI is InChI=1S/C19H24O5/c1-18(2)6-11(20)16-10(5-15(22)23)17-12(21)7-19(3,4)9-14(17)24-13(16)8-18/h10H,5-9H2,1-4H3,(H,22,23). The average molecular weight is 332 g/mol. The lowest BCUT2D eigenvalue weighted by Crippen LogP contribution is -2.39. The number of allylic oxidation sites excluding steroid dienone is 4. The van der Waals surface area contributed by atoms with E-state index in [1.807, 2.05) is 27.7 Å². The van der Waals surface area contributed by atoms with Crippen molar-refractivity contribution in [3.8, 4) is 0 Å². The first-order valence-corrected chi connectivity index (χ1v) is 8.41. The lowest BCUT2D eigenvalue weighted by Gasteiger charge is -2.42. The molecule has 1 N–H and O–H groups in total. The summed E-state index contributed by atoms with van der Waals surface area (Å²) < 4.78 is 6.04. The first-order chi connectivity index (χ1) is 11.0. The Balaban J connectivity index is 2.10. The predicted molar refractivity (Wildman–Crippen MR) is 86.9 cm³/mol. The molecule has 3 aliphatic rings. The van der Waals surface area contributed by atoms with Crippen LogP contribution in [0.15, 0.2) is 22.7 Å². The molecule has 0 saturated heterocycles. The Morgan fingerprint density at radius 3 is 1.75 bits per heavy atom. The topological polar surface area (TPSA) is 80.7 Å². The van der Waals surface area contributed by atoms with Gasteiger partial charge in [-0.15, -0.1) is 0 Å². The van der Waals surface area contributed by atoms with Crippen molar-refractivity contribution in [2.45, 2.75) is 59.8 Å². The van der Waals surface area contributed by atoms with Crippen molar-refractivity contribution < 1.29 is 24.2 Å². The first kappa shape index (κ1) is 16.9. The molecule has 5 heteroatoms. The lowest BCUT2D eigenvalue weighted by atomic mass is 9.66. The number of Topliss-reactive ketones (excluding diaryl/α,β-unsaturated/α-hetero) is 2. The molecule has 0 fully saturated rings. The van der Waals surface area contributed by atoms with Crippen LogP contribution < -0.4 is 0 Å². The molecule has 0 unspecified atom stereocenters. The van der Waals surface area contributed by atoms with Crippen molar-refractivity contribution in [2.24, 2.45) is 16.7 Å². The van der Waals surface area contributed by atoms with Gasteiger partial charge in [0.25, 0.3) is 0 Å². The lowest BCUT2D eigenvalue weighted by molar-refractivity contribution is -0.137. The van der Waals surface area contributed by atoms with Gasteiger partial charge in [-0.05, 0) is 10.8 Å². The Kier molecular flexibility index (Phi) is 3.74. The van der Waals surface area contributed by atoms with Crippen LogP contribution in [0.5, 0.6) is 0 Å². The number of aliphatic carboxylic acids is 1. The quantitative estimate of drug-likeness (QED) is 0.838. The van der Waals surface area contributed by atoms with Crippen LogP contribution in [0.3, 0.4) is 0 Å². The average Bonchev–Trinajstić information content (AvgIpc) is 2.32. The van der Waals surface area contributed by atoms with Crippen LogP contribution in [0.2, 0.25) is 0 Å². The van der Waals surface area contributed by atoms with Crippen LogP contribution in [0.4, 0.5) is 0 Å². The first-order valence-electron chi connectivity index (χ1n) is 8.41. The predicted octanol–water partition coefficient (Wildman–Crippen LogP) is 3.39. The molecule has 0 amide bonds. The third kappa shape index (κ3) is 2.92. The minimum absolute atomic E-state index is 0.0864. The molecule has 5 nitrogen and oxygen atoms in total. The fraction of sp³-hybridized carbons (Fsp3) is 0.632. The number of carbonyl (C=O) groups excluding carboxylic acids is 2. The van der Waals surface area contributed by atoms with E-state index in [1.54, 1.807) is 0 Å². The molecule has 24 heavy (non-hydrogen) atoms. The number of hydrogen-bond acceptors (Lipinski definition) is 4. The highest BCUT2D eigenvalue weighted by atomic mass is 16.5. The van der Waals surface area contributed by atoms with Crippen LogP contribution in [0.25, 0.3) is 0 Å². The zero-order valence-corrected chi connectivity index (χ0v) is 14.7. The molecule has 1 heterocycles. The second-order valence-corrected chi connectivity index (χ2v) is 8.81. The Bertz CT molecular complexity index is 653. The van der Waals surface area contributed by atoms with E-state index in [-0.39, 0.29) is 28.8 Å². The van der Waals surface area contributed by atoms with E-state index in [2.05, 4.69) is 0 Å². The van der Waals surface area contributed by atoms with E-state index in [1.165, 1.54) is 0 Å². The molecule has 0 bridgehead atoms. The number of rotatable bonds is 2. The number of ketones is 2. The van der Waals surface area contributed by atoms with Gasteiger partial charge in [-0.2, -0.15) is 0 Å². The maximum Gasteiger partial charge on any atom is 0.304 e. The van der Waals surface area contributed by atoms with Gasteiger partial charge < -0.3 is 9.84 Å². The maximum absolute atomic E-state index is 12.7. The summed E-state index contributed by atoms with van der Waals surface area (Å²) in [5, 5.41) is 9.32. The van der Waals surface area contributed by atoms with Crippen LogP contribution in [-0.4, -0.2) is 22.6 Å². The molecule has 0 radical (unpaired) electrons. The van der Waals surface area contributed by atoms with Gasteiger partial charge in [0, 0.05) is 42.7 Å². The van der Waals surface area contributed by atoms with Gasteiger partial charge >= 0.3 is 5.97 Å². The molecule has 1 aliphatic heterocycles. The summed E-state index contributed by atoms with van der Waals surface area (Å²) in [5.41, 5.74) is 0.415. The summed E-state index contributed by atoms with van der Waals surface area (Å²) in [6.45, 7) is 8.02. The number of carbonyl (C=O) groups is 3. The molecule has 2 aliphatic carbocycles. The van der Waals surface area contributed by atoms with Gasteiger partial charge in [0.15, 0.2) is 11.6 Å². The molecule has 0 aromatic rings. The third-order valence-electron chi connectivity index (χ3n) is 5.08. The van der Waals surface area contributed by atoms with Gasteiger partial charge in [-0.1, -0.05) is 27.7 Å². The van der Waals surface area contributed by atoms with Gasteiger partial charge in [0.1, 0.15) is 11.5 Å².